The van der Waals surface area contributed by atoms with Crippen LogP contribution in [-0.4, -0.2) is 6.26 Å². The number of thioether (sulfide) groups is 1. The van der Waals surface area contributed by atoms with Gasteiger partial charge in [-0.3, -0.25) is 0 Å². The van der Waals surface area contributed by atoms with E-state index in [0.717, 1.165) is 10.6 Å². The van der Waals surface area contributed by atoms with Gasteiger partial charge < -0.3 is 0 Å². The van der Waals surface area contributed by atoms with Crippen LogP contribution in [-0.2, 0) is 0 Å². The fourth-order valence-electron chi connectivity index (χ4n) is 1.02. The number of halogens is 1. The van der Waals surface area contributed by atoms with Crippen LogP contribution in [0.2, 0.25) is 5.02 Å². The molecule has 0 bridgehead atoms. The van der Waals surface area contributed by atoms with E-state index in [4.69, 9.17) is 11.6 Å². The maximum atomic E-state index is 6.05. The minimum absolute atomic E-state index is 0.900. The second-order valence-corrected chi connectivity index (χ2v) is 3.75. The highest BCUT2D eigenvalue weighted by molar-refractivity contribution is 7.98. The Kier molecular flexibility index (Phi) is 2.85. The van der Waals surface area contributed by atoms with Gasteiger partial charge in [0.05, 0.1) is 0 Å². The summed E-state index contributed by atoms with van der Waals surface area (Å²) < 4.78 is 0. The quantitative estimate of drug-likeness (QED) is 0.603. The maximum Gasteiger partial charge on any atom is 0.0475 e. The zero-order valence-electron chi connectivity index (χ0n) is 6.94. The van der Waals surface area contributed by atoms with Crippen LogP contribution in [0.3, 0.4) is 0 Å². The summed E-state index contributed by atoms with van der Waals surface area (Å²) >= 11 is 7.78. The summed E-state index contributed by atoms with van der Waals surface area (Å²) in [4.78, 5) is 1.26. The van der Waals surface area contributed by atoms with Crippen LogP contribution in [0.4, 0.5) is 0 Å². The second kappa shape index (κ2) is 3.51. The molecule has 0 amide bonds. The van der Waals surface area contributed by atoms with Crippen molar-refractivity contribution in [2.45, 2.75) is 18.7 Å². The van der Waals surface area contributed by atoms with Gasteiger partial charge in [0, 0.05) is 9.92 Å². The van der Waals surface area contributed by atoms with Gasteiger partial charge in [-0.1, -0.05) is 17.7 Å². The SMILES string of the molecule is CSc1ccc(C)c(Cl)c1C. The molecule has 1 aromatic carbocycles. The Labute approximate surface area is 77.0 Å². The monoisotopic (exact) mass is 186 g/mol. The van der Waals surface area contributed by atoms with Crippen molar-refractivity contribution in [3.8, 4) is 0 Å². The van der Waals surface area contributed by atoms with Gasteiger partial charge in [0.15, 0.2) is 0 Å². The van der Waals surface area contributed by atoms with Gasteiger partial charge in [0.2, 0.25) is 0 Å². The summed E-state index contributed by atoms with van der Waals surface area (Å²) in [6, 6.07) is 4.17. The van der Waals surface area contributed by atoms with Gasteiger partial charge in [0.25, 0.3) is 0 Å². The lowest BCUT2D eigenvalue weighted by molar-refractivity contribution is 1.27. The molecule has 1 aromatic rings. The van der Waals surface area contributed by atoms with Crippen LogP contribution in [0.5, 0.6) is 0 Å². The standard InChI is InChI=1S/C9H11ClS/c1-6-4-5-8(11-3)7(2)9(6)10/h4-5H,1-3H3. The Balaban J connectivity index is 3.25. The molecule has 0 aromatic heterocycles. The molecule has 0 nitrogen and oxygen atoms in total. The lowest BCUT2D eigenvalue weighted by Crippen LogP contribution is -1.83. The first-order valence-corrected chi connectivity index (χ1v) is 5.06. The first-order valence-electron chi connectivity index (χ1n) is 3.46. The largest absolute Gasteiger partial charge is 0.129 e. The lowest BCUT2D eigenvalue weighted by Gasteiger charge is -2.06. The number of hydrogen-bond donors (Lipinski definition) is 0. The third-order valence-electron chi connectivity index (χ3n) is 1.75. The molecule has 0 spiro atoms. The average molecular weight is 187 g/mol. The van der Waals surface area contributed by atoms with Gasteiger partial charge in [-0.05, 0) is 37.3 Å². The second-order valence-electron chi connectivity index (χ2n) is 2.52. The van der Waals surface area contributed by atoms with E-state index in [9.17, 15) is 0 Å². The van der Waals surface area contributed by atoms with E-state index in [2.05, 4.69) is 25.3 Å². The van der Waals surface area contributed by atoms with Gasteiger partial charge in [-0.15, -0.1) is 11.8 Å². The van der Waals surface area contributed by atoms with Gasteiger partial charge >= 0.3 is 0 Å². The fourth-order valence-corrected chi connectivity index (χ4v) is 1.86. The summed E-state index contributed by atoms with van der Waals surface area (Å²) in [6.07, 6.45) is 2.06. The fraction of sp³-hybridized carbons (Fsp3) is 0.333. The van der Waals surface area contributed by atoms with Crippen LogP contribution in [0.1, 0.15) is 11.1 Å². The molecule has 0 N–H and O–H groups in total. The highest BCUT2D eigenvalue weighted by Gasteiger charge is 2.02. The molecule has 0 saturated heterocycles. The smallest absolute Gasteiger partial charge is 0.0475 e. The number of hydrogen-bond acceptors (Lipinski definition) is 1. The Morgan fingerprint density at radius 1 is 1.27 bits per heavy atom. The van der Waals surface area contributed by atoms with Crippen LogP contribution >= 0.6 is 23.4 Å². The molecule has 11 heavy (non-hydrogen) atoms. The van der Waals surface area contributed by atoms with Crippen molar-refractivity contribution in [3.05, 3.63) is 28.3 Å². The van der Waals surface area contributed by atoms with E-state index in [1.54, 1.807) is 11.8 Å². The first-order chi connectivity index (χ1) is 5.16. The van der Waals surface area contributed by atoms with Crippen molar-refractivity contribution in [3.63, 3.8) is 0 Å². The predicted octanol–water partition coefficient (Wildman–Crippen LogP) is 3.68. The molecule has 1 rings (SSSR count). The average Bonchev–Trinajstić information content (AvgIpc) is 2.01. The number of aryl methyl sites for hydroxylation is 1. The van der Waals surface area contributed by atoms with Crippen molar-refractivity contribution >= 4 is 23.4 Å². The van der Waals surface area contributed by atoms with Crippen LogP contribution in [0, 0.1) is 13.8 Å². The molecule has 0 fully saturated rings. The molecule has 0 heterocycles. The van der Waals surface area contributed by atoms with E-state index in [1.807, 2.05) is 6.92 Å². The Morgan fingerprint density at radius 3 is 2.45 bits per heavy atom. The molecule has 60 valence electrons. The van der Waals surface area contributed by atoms with E-state index in [-0.39, 0.29) is 0 Å². The molecule has 0 radical (unpaired) electrons. The highest BCUT2D eigenvalue weighted by Crippen LogP contribution is 2.28. The zero-order chi connectivity index (χ0) is 8.43. The van der Waals surface area contributed by atoms with Gasteiger partial charge in [-0.25, -0.2) is 0 Å². The van der Waals surface area contributed by atoms with Gasteiger partial charge in [-0.2, -0.15) is 0 Å². The first kappa shape index (κ1) is 8.95. The van der Waals surface area contributed by atoms with E-state index in [1.165, 1.54) is 10.5 Å². The lowest BCUT2D eigenvalue weighted by atomic mass is 10.1. The Morgan fingerprint density at radius 2 is 1.91 bits per heavy atom. The van der Waals surface area contributed by atoms with Crippen LogP contribution < -0.4 is 0 Å². The summed E-state index contributed by atoms with van der Waals surface area (Å²) in [7, 11) is 0. The molecule has 0 aliphatic heterocycles. The summed E-state index contributed by atoms with van der Waals surface area (Å²) in [5.74, 6) is 0. The predicted molar refractivity (Wildman–Crippen MR) is 52.7 cm³/mol. The normalized spacial score (nSPS) is 10.2. The van der Waals surface area contributed by atoms with Crippen molar-refractivity contribution in [2.24, 2.45) is 0 Å². The molecule has 0 aliphatic carbocycles. The molecule has 0 atom stereocenters. The minimum atomic E-state index is 0.900. The molecule has 2 heteroatoms. The van der Waals surface area contributed by atoms with Crippen molar-refractivity contribution < 1.29 is 0 Å². The van der Waals surface area contributed by atoms with Crippen LogP contribution in [0.15, 0.2) is 17.0 Å². The molecule has 0 unspecified atom stereocenters. The number of benzene rings is 1. The molecular weight excluding hydrogens is 176 g/mol. The Hall–Kier alpha value is -0.140. The topological polar surface area (TPSA) is 0 Å². The van der Waals surface area contributed by atoms with Gasteiger partial charge in [0.1, 0.15) is 0 Å². The zero-order valence-corrected chi connectivity index (χ0v) is 8.51. The molecular formula is C9H11ClS. The molecule has 0 saturated carbocycles. The van der Waals surface area contributed by atoms with Crippen molar-refractivity contribution in [1.29, 1.82) is 0 Å². The van der Waals surface area contributed by atoms with Crippen LogP contribution in [0.25, 0.3) is 0 Å². The van der Waals surface area contributed by atoms with E-state index in [0.29, 0.717) is 0 Å². The molecule has 0 aliphatic rings. The highest BCUT2D eigenvalue weighted by atomic mass is 35.5. The van der Waals surface area contributed by atoms with E-state index >= 15 is 0 Å². The Bertz CT molecular complexity index is 269. The van der Waals surface area contributed by atoms with E-state index < -0.39 is 0 Å². The van der Waals surface area contributed by atoms with Crippen molar-refractivity contribution in [1.82, 2.24) is 0 Å². The summed E-state index contributed by atoms with van der Waals surface area (Å²) in [6.45, 7) is 4.08. The number of rotatable bonds is 1. The summed E-state index contributed by atoms with van der Waals surface area (Å²) in [5, 5.41) is 0.900. The summed E-state index contributed by atoms with van der Waals surface area (Å²) in [5.41, 5.74) is 2.35. The third kappa shape index (κ3) is 1.71. The third-order valence-corrected chi connectivity index (χ3v) is 3.21. The maximum absolute atomic E-state index is 6.05. The minimum Gasteiger partial charge on any atom is -0.129 e. The van der Waals surface area contributed by atoms with Crippen molar-refractivity contribution in [2.75, 3.05) is 6.26 Å².